The van der Waals surface area contributed by atoms with Crippen molar-refractivity contribution in [2.45, 2.75) is 25.8 Å². The topological polar surface area (TPSA) is 48.9 Å². The predicted molar refractivity (Wildman–Crippen MR) is 113 cm³/mol. The molecule has 3 heterocycles. The summed E-state index contributed by atoms with van der Waals surface area (Å²) in [6.07, 6.45) is 2.22. The first-order valence-electron chi connectivity index (χ1n) is 9.99. The molecular weight excluding hydrogens is 372 g/mol. The van der Waals surface area contributed by atoms with Crippen molar-refractivity contribution in [3.05, 3.63) is 40.3 Å². The Hall–Kier alpha value is -2.12. The van der Waals surface area contributed by atoms with Crippen LogP contribution in [-0.2, 0) is 0 Å². The molecule has 1 atom stereocenters. The Morgan fingerprint density at radius 2 is 1.96 bits per heavy atom. The molecule has 0 radical (unpaired) electrons. The summed E-state index contributed by atoms with van der Waals surface area (Å²) < 4.78 is 5.52. The first kappa shape index (κ1) is 19.2. The third-order valence-corrected chi connectivity index (χ3v) is 6.55. The van der Waals surface area contributed by atoms with E-state index in [1.54, 1.807) is 18.4 Å². The number of amides is 1. The number of ether oxygens (including phenoxy) is 1. The summed E-state index contributed by atoms with van der Waals surface area (Å²) in [4.78, 5) is 24.1. The van der Waals surface area contributed by atoms with E-state index in [0.717, 1.165) is 62.9 Å². The fraction of sp³-hybridized carbons (Fsp3) is 0.524. The van der Waals surface area contributed by atoms with Crippen LogP contribution in [0.15, 0.2) is 29.6 Å². The van der Waals surface area contributed by atoms with Crippen LogP contribution in [0.1, 0.15) is 28.3 Å². The molecule has 0 bridgehead atoms. The van der Waals surface area contributed by atoms with E-state index in [4.69, 9.17) is 4.74 Å². The second-order valence-corrected chi connectivity index (χ2v) is 8.56. The molecule has 0 N–H and O–H groups in total. The molecule has 1 amide bonds. The van der Waals surface area contributed by atoms with Crippen molar-refractivity contribution in [3.8, 4) is 5.75 Å². The minimum absolute atomic E-state index is 0.0849. The number of hydrogen-bond donors (Lipinski definition) is 0. The molecule has 0 saturated carbocycles. The smallest absolute Gasteiger partial charge is 0.273 e. The second-order valence-electron chi connectivity index (χ2n) is 7.49. The zero-order chi connectivity index (χ0) is 19.5. The molecule has 28 heavy (non-hydrogen) atoms. The van der Waals surface area contributed by atoms with Gasteiger partial charge < -0.3 is 14.5 Å². The van der Waals surface area contributed by atoms with Gasteiger partial charge in [0.05, 0.1) is 17.8 Å². The van der Waals surface area contributed by atoms with Crippen LogP contribution in [0.25, 0.3) is 0 Å². The van der Waals surface area contributed by atoms with E-state index in [0.29, 0.717) is 11.7 Å². The van der Waals surface area contributed by atoms with Crippen LogP contribution in [0.5, 0.6) is 5.75 Å². The van der Waals surface area contributed by atoms with Gasteiger partial charge in [0.1, 0.15) is 11.4 Å². The Labute approximate surface area is 170 Å². The minimum Gasteiger partial charge on any atom is -0.495 e. The van der Waals surface area contributed by atoms with Crippen LogP contribution in [0.3, 0.4) is 0 Å². The van der Waals surface area contributed by atoms with Crippen molar-refractivity contribution in [3.63, 3.8) is 0 Å². The van der Waals surface area contributed by atoms with E-state index in [1.165, 1.54) is 5.69 Å². The van der Waals surface area contributed by atoms with Crippen molar-refractivity contribution < 1.29 is 9.53 Å². The molecule has 2 saturated heterocycles. The second kappa shape index (κ2) is 8.49. The number of methoxy groups -OCH3 is 1. The highest BCUT2D eigenvalue weighted by molar-refractivity contribution is 7.09. The number of carbonyl (C=O) groups is 1. The number of likely N-dealkylation sites (tertiary alicyclic amines) is 1. The number of aryl methyl sites for hydroxylation is 1. The van der Waals surface area contributed by atoms with Gasteiger partial charge >= 0.3 is 0 Å². The van der Waals surface area contributed by atoms with E-state index in [-0.39, 0.29) is 5.91 Å². The Morgan fingerprint density at radius 1 is 1.18 bits per heavy atom. The molecule has 2 aliphatic heterocycles. The first-order valence-corrected chi connectivity index (χ1v) is 10.9. The number of carbonyl (C=O) groups excluding carboxylic acids is 1. The minimum atomic E-state index is 0.0849. The molecule has 2 aliphatic rings. The maximum atomic E-state index is 12.8. The molecule has 0 unspecified atom stereocenters. The largest absolute Gasteiger partial charge is 0.495 e. The first-order chi connectivity index (χ1) is 13.7. The number of piperidine rings is 1. The summed E-state index contributed by atoms with van der Waals surface area (Å²) in [5.41, 5.74) is 1.77. The van der Waals surface area contributed by atoms with Gasteiger partial charge in [-0.2, -0.15) is 0 Å². The third-order valence-electron chi connectivity index (χ3n) is 5.78. The lowest BCUT2D eigenvalue weighted by molar-refractivity contribution is 0.0558. The molecule has 7 heteroatoms. The predicted octanol–water partition coefficient (Wildman–Crippen LogP) is 2.89. The fourth-order valence-corrected chi connectivity index (χ4v) is 4.87. The van der Waals surface area contributed by atoms with Crippen LogP contribution >= 0.6 is 11.3 Å². The van der Waals surface area contributed by atoms with Gasteiger partial charge in [-0.1, -0.05) is 12.1 Å². The molecule has 2 aromatic rings. The summed E-state index contributed by atoms with van der Waals surface area (Å²) in [5.74, 6) is 1.02. The number of para-hydroxylation sites is 2. The molecule has 4 rings (SSSR count). The number of hydrogen-bond acceptors (Lipinski definition) is 6. The third kappa shape index (κ3) is 4.00. The summed E-state index contributed by atoms with van der Waals surface area (Å²) in [6.45, 7) is 7.59. The van der Waals surface area contributed by atoms with Crippen LogP contribution in [0, 0.1) is 6.92 Å². The highest BCUT2D eigenvalue weighted by Crippen LogP contribution is 2.29. The van der Waals surface area contributed by atoms with E-state index in [9.17, 15) is 4.79 Å². The summed E-state index contributed by atoms with van der Waals surface area (Å²) >= 11 is 1.54. The van der Waals surface area contributed by atoms with Gasteiger partial charge in [-0.05, 0) is 31.9 Å². The Bertz CT molecular complexity index is 816. The number of thiazole rings is 1. The van der Waals surface area contributed by atoms with Crippen molar-refractivity contribution in [1.29, 1.82) is 0 Å². The maximum absolute atomic E-state index is 12.8. The van der Waals surface area contributed by atoms with E-state index in [1.807, 2.05) is 29.3 Å². The maximum Gasteiger partial charge on any atom is 0.273 e. The van der Waals surface area contributed by atoms with Crippen molar-refractivity contribution in [2.24, 2.45) is 0 Å². The number of benzene rings is 1. The average molecular weight is 401 g/mol. The summed E-state index contributed by atoms with van der Waals surface area (Å²) in [6, 6.07) is 8.67. The lowest BCUT2D eigenvalue weighted by Crippen LogP contribution is -2.56. The van der Waals surface area contributed by atoms with Crippen LogP contribution < -0.4 is 9.64 Å². The van der Waals surface area contributed by atoms with Gasteiger partial charge in [-0.25, -0.2) is 4.98 Å². The Kier molecular flexibility index (Phi) is 5.82. The lowest BCUT2D eigenvalue weighted by Gasteiger charge is -2.44. The van der Waals surface area contributed by atoms with Crippen molar-refractivity contribution in [1.82, 2.24) is 14.8 Å². The van der Waals surface area contributed by atoms with Crippen molar-refractivity contribution >= 4 is 22.9 Å². The SMILES string of the molecule is COc1ccccc1N1CCN([C@@H]2CCCN(C(=O)c3csc(C)n3)C2)CC1. The van der Waals surface area contributed by atoms with Gasteiger partial charge in [0, 0.05) is 50.7 Å². The fourth-order valence-electron chi connectivity index (χ4n) is 4.28. The molecule has 1 aromatic heterocycles. The molecule has 0 aliphatic carbocycles. The number of nitrogens with zero attached hydrogens (tertiary/aromatic N) is 4. The lowest BCUT2D eigenvalue weighted by atomic mass is 10.0. The van der Waals surface area contributed by atoms with Crippen molar-refractivity contribution in [2.75, 3.05) is 51.3 Å². The number of anilines is 1. The average Bonchev–Trinajstić information content (AvgIpc) is 3.19. The van der Waals surface area contributed by atoms with Crippen LogP contribution in [-0.4, -0.2) is 73.1 Å². The number of rotatable bonds is 4. The molecule has 0 spiro atoms. The number of aromatic nitrogens is 1. The highest BCUT2D eigenvalue weighted by Gasteiger charge is 2.31. The zero-order valence-electron chi connectivity index (χ0n) is 16.6. The molecular formula is C21H28N4O2S. The zero-order valence-corrected chi connectivity index (χ0v) is 17.5. The standard InChI is InChI=1S/C21H28N4O2S/c1-16-22-18(15-28-16)21(26)25-9-5-6-17(14-25)23-10-12-24(13-11-23)19-7-3-4-8-20(19)27-2/h3-4,7-8,15,17H,5-6,9-14H2,1-2H3/t17-/m1/s1. The van der Waals surface area contributed by atoms with Gasteiger partial charge in [0.25, 0.3) is 5.91 Å². The van der Waals surface area contributed by atoms with Gasteiger partial charge in [-0.3, -0.25) is 9.69 Å². The molecule has 150 valence electrons. The van der Waals surface area contributed by atoms with Gasteiger partial charge in [0.15, 0.2) is 0 Å². The van der Waals surface area contributed by atoms with E-state index >= 15 is 0 Å². The molecule has 2 fully saturated rings. The highest BCUT2D eigenvalue weighted by atomic mass is 32.1. The van der Waals surface area contributed by atoms with Gasteiger partial charge in [-0.15, -0.1) is 11.3 Å². The Balaban J connectivity index is 1.36. The molecule has 1 aromatic carbocycles. The van der Waals surface area contributed by atoms with Crippen LogP contribution in [0.2, 0.25) is 0 Å². The summed E-state index contributed by atoms with van der Waals surface area (Å²) in [7, 11) is 1.73. The Morgan fingerprint density at radius 3 is 2.68 bits per heavy atom. The van der Waals surface area contributed by atoms with E-state index in [2.05, 4.69) is 26.9 Å². The molecule has 6 nitrogen and oxygen atoms in total. The normalized spacial score (nSPS) is 21.0. The van der Waals surface area contributed by atoms with E-state index < -0.39 is 0 Å². The van der Waals surface area contributed by atoms with Gasteiger partial charge in [0.2, 0.25) is 0 Å². The monoisotopic (exact) mass is 400 g/mol. The number of piperazine rings is 1. The quantitative estimate of drug-likeness (QED) is 0.790. The summed E-state index contributed by atoms with van der Waals surface area (Å²) in [5, 5.41) is 2.83. The van der Waals surface area contributed by atoms with Crippen LogP contribution in [0.4, 0.5) is 5.69 Å².